The molecule has 0 saturated carbocycles. The van der Waals surface area contributed by atoms with Crippen molar-refractivity contribution in [3.63, 3.8) is 0 Å². The van der Waals surface area contributed by atoms with E-state index in [1.54, 1.807) is 23.5 Å². The summed E-state index contributed by atoms with van der Waals surface area (Å²) < 4.78 is 23.3. The third-order valence-electron chi connectivity index (χ3n) is 4.22. The molecule has 136 valence electrons. The molecular formula is C20H22N2O2S2. The van der Waals surface area contributed by atoms with Gasteiger partial charge in [-0.2, -0.15) is 0 Å². The molecule has 2 aromatic carbocycles. The van der Waals surface area contributed by atoms with Gasteiger partial charge >= 0.3 is 0 Å². The van der Waals surface area contributed by atoms with E-state index in [0.717, 1.165) is 30.9 Å². The highest BCUT2D eigenvalue weighted by molar-refractivity contribution is 7.90. The van der Waals surface area contributed by atoms with Gasteiger partial charge in [0.1, 0.15) is 0 Å². The number of nitrogens with zero attached hydrogens (tertiary/aromatic N) is 2. The number of benzene rings is 2. The van der Waals surface area contributed by atoms with Crippen LogP contribution in [0.3, 0.4) is 0 Å². The number of aromatic nitrogens is 1. The Morgan fingerprint density at radius 3 is 2.08 bits per heavy atom. The van der Waals surface area contributed by atoms with Gasteiger partial charge < -0.3 is 0 Å². The normalized spacial score (nSPS) is 11.8. The Bertz CT molecular complexity index is 949. The van der Waals surface area contributed by atoms with E-state index in [1.807, 2.05) is 42.8 Å². The fraction of sp³-hybridized carbons (Fsp3) is 0.250. The Labute approximate surface area is 159 Å². The molecule has 0 aliphatic heterocycles. The lowest BCUT2D eigenvalue weighted by Gasteiger charge is -2.22. The Morgan fingerprint density at radius 2 is 1.54 bits per heavy atom. The van der Waals surface area contributed by atoms with Gasteiger partial charge in [-0.05, 0) is 30.2 Å². The van der Waals surface area contributed by atoms with Crippen LogP contribution >= 0.6 is 11.3 Å². The molecule has 6 heteroatoms. The van der Waals surface area contributed by atoms with Gasteiger partial charge in [0.2, 0.25) is 0 Å². The zero-order valence-electron chi connectivity index (χ0n) is 14.9. The summed E-state index contributed by atoms with van der Waals surface area (Å²) in [6.45, 7) is 4.43. The lowest BCUT2D eigenvalue weighted by Crippen LogP contribution is -2.22. The first-order valence-corrected chi connectivity index (χ1v) is 11.1. The number of aryl methyl sites for hydroxylation is 1. The van der Waals surface area contributed by atoms with Crippen LogP contribution < -0.4 is 0 Å². The Kier molecular flexibility index (Phi) is 5.86. The molecule has 0 radical (unpaired) electrons. The van der Waals surface area contributed by atoms with Crippen LogP contribution in [0.25, 0.3) is 0 Å². The molecule has 3 aromatic rings. The van der Waals surface area contributed by atoms with Crippen LogP contribution in [-0.2, 0) is 29.5 Å². The van der Waals surface area contributed by atoms with Crippen molar-refractivity contribution < 1.29 is 8.42 Å². The van der Waals surface area contributed by atoms with Gasteiger partial charge in [-0.3, -0.25) is 4.90 Å². The summed E-state index contributed by atoms with van der Waals surface area (Å²) in [5.74, 6) is 0. The van der Waals surface area contributed by atoms with E-state index >= 15 is 0 Å². The summed E-state index contributed by atoms with van der Waals surface area (Å²) >= 11 is 1.67. The van der Waals surface area contributed by atoms with Gasteiger partial charge in [0.25, 0.3) is 0 Å². The van der Waals surface area contributed by atoms with Crippen molar-refractivity contribution >= 4 is 21.2 Å². The summed E-state index contributed by atoms with van der Waals surface area (Å²) in [4.78, 5) is 8.31. The first-order chi connectivity index (χ1) is 12.4. The molecule has 1 heterocycles. The van der Waals surface area contributed by atoms with Crippen LogP contribution in [0, 0.1) is 6.92 Å². The summed E-state index contributed by atoms with van der Waals surface area (Å²) in [6, 6.07) is 17.5. The quantitative estimate of drug-likeness (QED) is 0.614. The first kappa shape index (κ1) is 18.8. The fourth-order valence-corrected chi connectivity index (χ4v) is 4.24. The molecule has 26 heavy (non-hydrogen) atoms. The topological polar surface area (TPSA) is 50.3 Å². The molecule has 0 atom stereocenters. The monoisotopic (exact) mass is 386 g/mol. The summed E-state index contributed by atoms with van der Waals surface area (Å²) in [6.07, 6.45) is 1.23. The maximum absolute atomic E-state index is 11.6. The van der Waals surface area contributed by atoms with Crippen LogP contribution in [0.5, 0.6) is 0 Å². The highest BCUT2D eigenvalue weighted by Gasteiger charge is 2.12. The molecule has 0 aliphatic carbocycles. The molecule has 0 spiro atoms. The van der Waals surface area contributed by atoms with Gasteiger partial charge in [-0.25, -0.2) is 13.4 Å². The van der Waals surface area contributed by atoms with E-state index in [2.05, 4.69) is 22.0 Å². The molecule has 3 rings (SSSR count). The third kappa shape index (κ3) is 5.00. The van der Waals surface area contributed by atoms with E-state index in [9.17, 15) is 8.42 Å². The summed E-state index contributed by atoms with van der Waals surface area (Å²) in [7, 11) is -3.16. The van der Waals surface area contributed by atoms with Crippen molar-refractivity contribution in [2.24, 2.45) is 0 Å². The van der Waals surface area contributed by atoms with Crippen molar-refractivity contribution in [1.29, 1.82) is 0 Å². The Morgan fingerprint density at radius 1 is 0.923 bits per heavy atom. The maximum Gasteiger partial charge on any atom is 0.175 e. The number of hydrogen-bond acceptors (Lipinski definition) is 5. The predicted octanol–water partition coefficient (Wildman–Crippen LogP) is 4.06. The predicted molar refractivity (Wildman–Crippen MR) is 106 cm³/mol. The summed E-state index contributed by atoms with van der Waals surface area (Å²) in [5, 5.41) is 0. The second kappa shape index (κ2) is 8.12. The van der Waals surface area contributed by atoms with Gasteiger partial charge in [0, 0.05) is 30.8 Å². The van der Waals surface area contributed by atoms with E-state index in [1.165, 1.54) is 16.7 Å². The highest BCUT2D eigenvalue weighted by Crippen LogP contribution is 2.20. The summed E-state index contributed by atoms with van der Waals surface area (Å²) in [5.41, 5.74) is 5.30. The lowest BCUT2D eigenvalue weighted by molar-refractivity contribution is 0.249. The second-order valence-corrected chi connectivity index (χ2v) is 9.36. The van der Waals surface area contributed by atoms with Gasteiger partial charge in [0.15, 0.2) is 9.84 Å². The largest absolute Gasteiger partial charge is 0.290 e. The zero-order chi connectivity index (χ0) is 18.6. The maximum atomic E-state index is 11.6. The number of thiazole rings is 1. The third-order valence-corrected chi connectivity index (χ3v) is 6.27. The van der Waals surface area contributed by atoms with Crippen molar-refractivity contribution in [2.45, 2.75) is 31.5 Å². The van der Waals surface area contributed by atoms with Crippen LogP contribution in [0.2, 0.25) is 0 Å². The standard InChI is InChI=1S/C20H22N2O2S2/c1-16-20(25-15-21-16)14-22(12-17-6-4-3-5-7-17)13-18-8-10-19(11-9-18)26(2,23)24/h3-11,15H,12-14H2,1-2H3. The van der Waals surface area contributed by atoms with Crippen molar-refractivity contribution in [2.75, 3.05) is 6.26 Å². The number of rotatable bonds is 7. The number of hydrogen-bond donors (Lipinski definition) is 0. The minimum atomic E-state index is -3.16. The van der Waals surface area contributed by atoms with Crippen molar-refractivity contribution in [3.8, 4) is 0 Å². The van der Waals surface area contributed by atoms with E-state index < -0.39 is 9.84 Å². The van der Waals surface area contributed by atoms with Gasteiger partial charge in [-0.15, -0.1) is 11.3 Å². The Balaban J connectivity index is 1.79. The fourth-order valence-electron chi connectivity index (χ4n) is 2.79. The molecule has 1 aromatic heterocycles. The molecule has 0 fully saturated rings. The second-order valence-electron chi connectivity index (χ2n) is 6.41. The Hall–Kier alpha value is -2.02. The molecule has 0 N–H and O–H groups in total. The molecule has 0 saturated heterocycles. The minimum absolute atomic E-state index is 0.356. The van der Waals surface area contributed by atoms with Gasteiger partial charge in [0.05, 0.1) is 16.1 Å². The van der Waals surface area contributed by atoms with Crippen LogP contribution in [0.1, 0.15) is 21.7 Å². The minimum Gasteiger partial charge on any atom is -0.290 e. The van der Waals surface area contributed by atoms with Crippen molar-refractivity contribution in [1.82, 2.24) is 9.88 Å². The van der Waals surface area contributed by atoms with Crippen LogP contribution in [0.15, 0.2) is 65.0 Å². The molecular weight excluding hydrogens is 364 g/mol. The van der Waals surface area contributed by atoms with Gasteiger partial charge in [-0.1, -0.05) is 42.5 Å². The van der Waals surface area contributed by atoms with Crippen LogP contribution in [-0.4, -0.2) is 24.6 Å². The van der Waals surface area contributed by atoms with Crippen molar-refractivity contribution in [3.05, 3.63) is 81.8 Å². The average molecular weight is 387 g/mol. The lowest BCUT2D eigenvalue weighted by atomic mass is 10.1. The zero-order valence-corrected chi connectivity index (χ0v) is 16.6. The van der Waals surface area contributed by atoms with E-state index in [0.29, 0.717) is 4.90 Å². The molecule has 0 unspecified atom stereocenters. The number of sulfone groups is 1. The van der Waals surface area contributed by atoms with E-state index in [4.69, 9.17) is 0 Å². The highest BCUT2D eigenvalue weighted by atomic mass is 32.2. The first-order valence-electron chi connectivity index (χ1n) is 8.36. The molecule has 4 nitrogen and oxygen atoms in total. The van der Waals surface area contributed by atoms with E-state index in [-0.39, 0.29) is 0 Å². The molecule has 0 aliphatic rings. The molecule has 0 amide bonds. The average Bonchev–Trinajstić information content (AvgIpc) is 3.00. The molecule has 0 bridgehead atoms. The van der Waals surface area contributed by atoms with Crippen LogP contribution in [0.4, 0.5) is 0 Å². The SMILES string of the molecule is Cc1ncsc1CN(Cc1ccccc1)Cc1ccc(S(C)(=O)=O)cc1. The smallest absolute Gasteiger partial charge is 0.175 e.